The smallest absolute Gasteiger partial charge is 0.336 e. The molecule has 0 amide bonds. The number of carbonyl (C=O) groups excluding carboxylic acids is 2. The van der Waals surface area contributed by atoms with Crippen molar-refractivity contribution in [2.24, 2.45) is 0 Å². The Morgan fingerprint density at radius 2 is 1.54 bits per heavy atom. The van der Waals surface area contributed by atoms with Crippen LogP contribution in [0.2, 0.25) is 0 Å². The van der Waals surface area contributed by atoms with Gasteiger partial charge in [0.15, 0.2) is 5.76 Å². The lowest BCUT2D eigenvalue weighted by Gasteiger charge is -2.03. The zero-order valence-corrected chi connectivity index (χ0v) is 14.9. The Hall–Kier alpha value is -3.92. The second-order valence-electron chi connectivity index (χ2n) is 6.17. The molecule has 4 rings (SSSR count). The van der Waals surface area contributed by atoms with E-state index in [9.17, 15) is 9.59 Å². The number of fused-ring (bicyclic) bond motifs is 1. The van der Waals surface area contributed by atoms with Gasteiger partial charge in [-0.2, -0.15) is 0 Å². The maximum atomic E-state index is 12.5. The summed E-state index contributed by atoms with van der Waals surface area (Å²) >= 11 is 0. The minimum atomic E-state index is -0.506. The average Bonchev–Trinajstić information content (AvgIpc) is 3.03. The maximum absolute atomic E-state index is 12.5. The van der Waals surface area contributed by atoms with E-state index < -0.39 is 5.97 Å². The van der Waals surface area contributed by atoms with E-state index in [0.29, 0.717) is 17.1 Å². The fourth-order valence-corrected chi connectivity index (χ4v) is 2.81. The van der Waals surface area contributed by atoms with Crippen LogP contribution >= 0.6 is 0 Å². The predicted octanol–water partition coefficient (Wildman–Crippen LogP) is 4.92. The van der Waals surface area contributed by atoms with Gasteiger partial charge in [-0.1, -0.05) is 60.7 Å². The van der Waals surface area contributed by atoms with Crippen LogP contribution in [-0.2, 0) is 4.79 Å². The summed E-state index contributed by atoms with van der Waals surface area (Å²) < 4.78 is 11.0. The SMILES string of the molecule is O=C(/C=C/c1ccccc1)Oc1ccc2c(c1)O/C(=C\c1ccccc1)C2=O. The van der Waals surface area contributed by atoms with E-state index in [1.165, 1.54) is 6.08 Å². The second kappa shape index (κ2) is 7.76. The highest BCUT2D eigenvalue weighted by Gasteiger charge is 2.27. The molecule has 1 heterocycles. The summed E-state index contributed by atoms with van der Waals surface area (Å²) in [5.74, 6) is 0.238. The molecule has 4 nitrogen and oxygen atoms in total. The Morgan fingerprint density at radius 3 is 2.25 bits per heavy atom. The lowest BCUT2D eigenvalue weighted by Crippen LogP contribution is -2.03. The van der Waals surface area contributed by atoms with E-state index in [2.05, 4.69) is 0 Å². The van der Waals surface area contributed by atoms with Crippen LogP contribution in [0.25, 0.3) is 12.2 Å². The number of esters is 1. The summed E-state index contributed by atoms with van der Waals surface area (Å²) in [6.07, 6.45) is 4.72. The molecule has 0 radical (unpaired) electrons. The minimum Gasteiger partial charge on any atom is -0.452 e. The van der Waals surface area contributed by atoms with Crippen molar-refractivity contribution in [2.75, 3.05) is 0 Å². The Labute approximate surface area is 162 Å². The molecule has 1 aliphatic rings. The van der Waals surface area contributed by atoms with Crippen LogP contribution in [0.3, 0.4) is 0 Å². The highest BCUT2D eigenvalue weighted by atomic mass is 16.5. The van der Waals surface area contributed by atoms with Crippen molar-refractivity contribution in [2.45, 2.75) is 0 Å². The van der Waals surface area contributed by atoms with Gasteiger partial charge in [0.05, 0.1) is 5.56 Å². The zero-order chi connectivity index (χ0) is 19.3. The van der Waals surface area contributed by atoms with Gasteiger partial charge < -0.3 is 9.47 Å². The fraction of sp³-hybridized carbons (Fsp3) is 0. The number of rotatable bonds is 4. The number of benzene rings is 3. The maximum Gasteiger partial charge on any atom is 0.336 e. The van der Waals surface area contributed by atoms with Crippen molar-refractivity contribution in [3.05, 3.63) is 107 Å². The van der Waals surface area contributed by atoms with E-state index in [0.717, 1.165) is 11.1 Å². The van der Waals surface area contributed by atoms with Gasteiger partial charge >= 0.3 is 5.97 Å². The van der Waals surface area contributed by atoms with Gasteiger partial charge in [-0.15, -0.1) is 0 Å². The fourth-order valence-electron chi connectivity index (χ4n) is 2.81. The third kappa shape index (κ3) is 3.91. The van der Waals surface area contributed by atoms with Crippen molar-refractivity contribution >= 4 is 23.9 Å². The molecule has 0 aliphatic carbocycles. The molecule has 136 valence electrons. The second-order valence-corrected chi connectivity index (χ2v) is 6.17. The normalized spacial score (nSPS) is 14.1. The Kier molecular flexibility index (Phi) is 4.85. The molecule has 0 N–H and O–H groups in total. The molecule has 0 spiro atoms. The van der Waals surface area contributed by atoms with E-state index in [4.69, 9.17) is 9.47 Å². The van der Waals surface area contributed by atoms with Crippen molar-refractivity contribution in [1.29, 1.82) is 0 Å². The monoisotopic (exact) mass is 368 g/mol. The van der Waals surface area contributed by atoms with Crippen molar-refractivity contribution < 1.29 is 19.1 Å². The molecule has 4 heteroatoms. The van der Waals surface area contributed by atoms with Crippen LogP contribution in [0.4, 0.5) is 0 Å². The predicted molar refractivity (Wildman–Crippen MR) is 107 cm³/mol. The lowest BCUT2D eigenvalue weighted by atomic mass is 10.1. The molecular formula is C24H16O4. The summed E-state index contributed by atoms with van der Waals surface area (Å²) in [4.78, 5) is 24.5. The first-order valence-corrected chi connectivity index (χ1v) is 8.77. The highest BCUT2D eigenvalue weighted by Crippen LogP contribution is 2.34. The van der Waals surface area contributed by atoms with Crippen molar-refractivity contribution in [1.82, 2.24) is 0 Å². The van der Waals surface area contributed by atoms with Gasteiger partial charge in [0, 0.05) is 12.1 Å². The summed E-state index contributed by atoms with van der Waals surface area (Å²) in [5, 5.41) is 0. The number of hydrogen-bond donors (Lipinski definition) is 0. The summed E-state index contributed by atoms with van der Waals surface area (Å²) in [7, 11) is 0. The van der Waals surface area contributed by atoms with Crippen LogP contribution in [0.15, 0.2) is 90.7 Å². The first kappa shape index (κ1) is 17.5. The number of ketones is 1. The van der Waals surface area contributed by atoms with Crippen LogP contribution < -0.4 is 9.47 Å². The molecule has 0 fully saturated rings. The van der Waals surface area contributed by atoms with Gasteiger partial charge in [0.1, 0.15) is 11.5 Å². The van der Waals surface area contributed by atoms with Crippen LogP contribution in [0, 0.1) is 0 Å². The average molecular weight is 368 g/mol. The first-order valence-electron chi connectivity index (χ1n) is 8.77. The summed E-state index contributed by atoms with van der Waals surface area (Å²) in [5.41, 5.74) is 2.22. The number of carbonyl (C=O) groups is 2. The lowest BCUT2D eigenvalue weighted by molar-refractivity contribution is -0.128. The molecule has 0 saturated carbocycles. The Bertz CT molecular complexity index is 1080. The van der Waals surface area contributed by atoms with Crippen LogP contribution in [-0.4, -0.2) is 11.8 Å². The largest absolute Gasteiger partial charge is 0.452 e. The van der Waals surface area contributed by atoms with Gasteiger partial charge in [-0.3, -0.25) is 4.79 Å². The number of Topliss-reactive ketones (excluding diaryl/α,β-unsaturated/α-hetero) is 1. The standard InChI is InChI=1S/C24H16O4/c25-23(14-11-17-7-3-1-4-8-17)27-19-12-13-20-21(16-19)28-22(24(20)26)15-18-9-5-2-6-10-18/h1-16H/b14-11+,22-15-. The first-order chi connectivity index (χ1) is 13.7. The molecule has 0 atom stereocenters. The summed E-state index contributed by atoms with van der Waals surface area (Å²) in [6.45, 7) is 0. The quantitative estimate of drug-likeness (QED) is 0.373. The third-order valence-corrected chi connectivity index (χ3v) is 4.17. The molecule has 0 bridgehead atoms. The van der Waals surface area contributed by atoms with E-state index in [-0.39, 0.29) is 11.5 Å². The third-order valence-electron chi connectivity index (χ3n) is 4.17. The van der Waals surface area contributed by atoms with Crippen molar-refractivity contribution in [3.63, 3.8) is 0 Å². The molecule has 3 aromatic carbocycles. The number of allylic oxidation sites excluding steroid dienone is 1. The van der Waals surface area contributed by atoms with Crippen LogP contribution in [0.5, 0.6) is 11.5 Å². The van der Waals surface area contributed by atoms with E-state index in [1.54, 1.807) is 30.4 Å². The molecule has 0 unspecified atom stereocenters. The topological polar surface area (TPSA) is 52.6 Å². The molecule has 28 heavy (non-hydrogen) atoms. The van der Waals surface area contributed by atoms with Crippen LogP contribution in [0.1, 0.15) is 21.5 Å². The van der Waals surface area contributed by atoms with E-state index >= 15 is 0 Å². The van der Waals surface area contributed by atoms with E-state index in [1.807, 2.05) is 60.7 Å². The van der Waals surface area contributed by atoms with Crippen molar-refractivity contribution in [3.8, 4) is 11.5 Å². The van der Waals surface area contributed by atoms with Gasteiger partial charge in [-0.05, 0) is 35.4 Å². The molecule has 0 saturated heterocycles. The van der Waals surface area contributed by atoms with Gasteiger partial charge in [-0.25, -0.2) is 4.79 Å². The van der Waals surface area contributed by atoms with Gasteiger partial charge in [0.25, 0.3) is 0 Å². The molecule has 3 aromatic rings. The number of ether oxygens (including phenoxy) is 2. The minimum absolute atomic E-state index is 0.194. The Morgan fingerprint density at radius 1 is 0.857 bits per heavy atom. The summed E-state index contributed by atoms with van der Waals surface area (Å²) in [6, 6.07) is 23.7. The zero-order valence-electron chi connectivity index (χ0n) is 14.9. The molecular weight excluding hydrogens is 352 g/mol. The molecule has 1 aliphatic heterocycles. The highest BCUT2D eigenvalue weighted by molar-refractivity contribution is 6.14. The Balaban J connectivity index is 1.48. The number of hydrogen-bond acceptors (Lipinski definition) is 4. The van der Waals surface area contributed by atoms with Gasteiger partial charge in [0.2, 0.25) is 5.78 Å². The molecule has 0 aromatic heterocycles.